The minimum absolute atomic E-state index is 0.116. The van der Waals surface area contributed by atoms with Gasteiger partial charge in [-0.15, -0.1) is 11.3 Å². The number of piperidine rings is 1. The van der Waals surface area contributed by atoms with Crippen LogP contribution in [0.4, 0.5) is 0 Å². The molecule has 1 atom stereocenters. The van der Waals surface area contributed by atoms with Crippen LogP contribution >= 0.6 is 11.3 Å². The van der Waals surface area contributed by atoms with Crippen molar-refractivity contribution in [1.29, 1.82) is 0 Å². The van der Waals surface area contributed by atoms with Gasteiger partial charge in [-0.1, -0.05) is 18.2 Å². The van der Waals surface area contributed by atoms with Crippen molar-refractivity contribution in [3.05, 3.63) is 63.4 Å². The summed E-state index contributed by atoms with van der Waals surface area (Å²) in [6, 6.07) is 8.58. The van der Waals surface area contributed by atoms with Gasteiger partial charge in [0.15, 0.2) is 0 Å². The van der Waals surface area contributed by atoms with Gasteiger partial charge in [0.1, 0.15) is 6.04 Å². The second-order valence-corrected chi connectivity index (χ2v) is 8.97. The Morgan fingerprint density at radius 2 is 1.87 bits per heavy atom. The van der Waals surface area contributed by atoms with Crippen LogP contribution in [0, 0.1) is 0 Å². The van der Waals surface area contributed by atoms with Crippen molar-refractivity contribution in [2.75, 3.05) is 13.1 Å². The third-order valence-electron chi connectivity index (χ3n) is 6.04. The maximum Gasteiger partial charge on any atom is 0.262 e. The smallest absolute Gasteiger partial charge is 0.262 e. The largest absolute Gasteiger partial charge is 0.295 e. The molecule has 3 aliphatic heterocycles. The zero-order chi connectivity index (χ0) is 21.5. The number of carbonyl (C=O) groups excluding carboxylic acids is 4. The molecule has 0 saturated carbocycles. The van der Waals surface area contributed by atoms with Gasteiger partial charge < -0.3 is 0 Å². The summed E-state index contributed by atoms with van der Waals surface area (Å²) >= 11 is 1.75. The van der Waals surface area contributed by atoms with E-state index < -0.39 is 23.8 Å². The lowest BCUT2D eigenvalue weighted by atomic mass is 10.0. The fraction of sp³-hybridized carbons (Fsp3) is 0.304. The molecule has 4 amide bonds. The molecule has 0 radical (unpaired) electrons. The molecular formula is C23H21N3O4S. The van der Waals surface area contributed by atoms with Crippen LogP contribution in [0.2, 0.25) is 0 Å². The Labute approximate surface area is 183 Å². The first-order valence-corrected chi connectivity index (χ1v) is 11.2. The van der Waals surface area contributed by atoms with E-state index in [1.807, 2.05) is 6.07 Å². The molecule has 1 aromatic carbocycles. The molecule has 0 aliphatic carbocycles. The molecule has 0 bridgehead atoms. The maximum atomic E-state index is 13.0. The second-order valence-electron chi connectivity index (χ2n) is 8.02. The zero-order valence-electron chi connectivity index (χ0n) is 16.8. The topological polar surface area (TPSA) is 86.8 Å². The molecule has 5 rings (SSSR count). The number of rotatable bonds is 4. The molecule has 1 unspecified atom stereocenters. The first kappa shape index (κ1) is 19.8. The Morgan fingerprint density at radius 1 is 1.03 bits per heavy atom. The molecule has 1 aromatic heterocycles. The molecule has 1 fully saturated rings. The highest BCUT2D eigenvalue weighted by Crippen LogP contribution is 2.30. The minimum atomic E-state index is -0.934. The van der Waals surface area contributed by atoms with E-state index in [1.54, 1.807) is 23.5 Å². The van der Waals surface area contributed by atoms with Gasteiger partial charge in [0, 0.05) is 30.9 Å². The van der Waals surface area contributed by atoms with E-state index in [2.05, 4.69) is 33.8 Å². The maximum absolute atomic E-state index is 13.0. The van der Waals surface area contributed by atoms with Gasteiger partial charge in [-0.05, 0) is 47.6 Å². The summed E-state index contributed by atoms with van der Waals surface area (Å²) in [7, 11) is 0. The summed E-state index contributed by atoms with van der Waals surface area (Å²) in [4.78, 5) is 54.0. The summed E-state index contributed by atoms with van der Waals surface area (Å²) in [6.45, 7) is 2.44. The summed E-state index contributed by atoms with van der Waals surface area (Å²) in [5.74, 6) is -1.90. The molecule has 4 heterocycles. The Hall–Kier alpha value is -3.10. The van der Waals surface area contributed by atoms with E-state index in [-0.39, 0.29) is 18.7 Å². The molecule has 8 heteroatoms. The van der Waals surface area contributed by atoms with Crippen molar-refractivity contribution in [3.63, 3.8) is 0 Å². The number of nitrogens with one attached hydrogen (secondary N) is 1. The summed E-state index contributed by atoms with van der Waals surface area (Å²) in [5.41, 5.74) is 2.98. The van der Waals surface area contributed by atoms with Crippen molar-refractivity contribution in [3.8, 4) is 0 Å². The second kappa shape index (κ2) is 7.86. The molecule has 7 nitrogen and oxygen atoms in total. The van der Waals surface area contributed by atoms with Crippen LogP contribution in [0.15, 0.2) is 41.8 Å². The van der Waals surface area contributed by atoms with Crippen molar-refractivity contribution in [1.82, 2.24) is 15.1 Å². The quantitative estimate of drug-likeness (QED) is 0.746. The number of carbonyl (C=O) groups is 4. The lowest BCUT2D eigenvalue weighted by molar-refractivity contribution is -0.136. The molecule has 158 valence electrons. The van der Waals surface area contributed by atoms with E-state index in [4.69, 9.17) is 0 Å². The van der Waals surface area contributed by atoms with Crippen molar-refractivity contribution in [2.45, 2.75) is 31.8 Å². The normalized spacial score (nSPS) is 21.9. The number of amides is 4. The monoisotopic (exact) mass is 435 g/mol. The van der Waals surface area contributed by atoms with E-state index in [9.17, 15) is 19.2 Å². The van der Waals surface area contributed by atoms with Crippen molar-refractivity contribution >= 4 is 40.5 Å². The van der Waals surface area contributed by atoms with E-state index in [1.165, 1.54) is 10.5 Å². The molecular weight excluding hydrogens is 414 g/mol. The third kappa shape index (κ3) is 3.62. The average Bonchev–Trinajstić information content (AvgIpc) is 3.37. The Morgan fingerprint density at radius 3 is 2.58 bits per heavy atom. The van der Waals surface area contributed by atoms with Gasteiger partial charge >= 0.3 is 0 Å². The van der Waals surface area contributed by atoms with Crippen LogP contribution in [0.3, 0.4) is 0 Å². The number of imide groups is 2. The van der Waals surface area contributed by atoms with Crippen molar-refractivity contribution < 1.29 is 19.2 Å². The number of fused-ring (bicyclic) bond motifs is 1. The highest BCUT2D eigenvalue weighted by molar-refractivity contribution is 7.11. The molecule has 0 spiro atoms. The molecule has 2 aromatic rings. The molecule has 1 saturated heterocycles. The van der Waals surface area contributed by atoms with Crippen LogP contribution in [0.1, 0.15) is 50.4 Å². The van der Waals surface area contributed by atoms with Gasteiger partial charge in [0.05, 0.1) is 11.1 Å². The molecule has 1 N–H and O–H groups in total. The Bertz CT molecular complexity index is 1120. The summed E-state index contributed by atoms with van der Waals surface area (Å²) < 4.78 is 0. The summed E-state index contributed by atoms with van der Waals surface area (Å²) in [6.07, 6.45) is 3.51. The van der Waals surface area contributed by atoms with Gasteiger partial charge in [0.2, 0.25) is 11.8 Å². The van der Waals surface area contributed by atoms with E-state index in [0.29, 0.717) is 17.7 Å². The molecule has 31 heavy (non-hydrogen) atoms. The zero-order valence-corrected chi connectivity index (χ0v) is 17.6. The first-order chi connectivity index (χ1) is 15.0. The predicted octanol–water partition coefficient (Wildman–Crippen LogP) is 2.44. The van der Waals surface area contributed by atoms with Gasteiger partial charge in [0.25, 0.3) is 11.8 Å². The van der Waals surface area contributed by atoms with Crippen LogP contribution < -0.4 is 5.32 Å². The van der Waals surface area contributed by atoms with Gasteiger partial charge in [-0.3, -0.25) is 34.3 Å². The number of hydrogen-bond acceptors (Lipinski definition) is 6. The Balaban J connectivity index is 1.31. The average molecular weight is 436 g/mol. The van der Waals surface area contributed by atoms with Crippen LogP contribution in [0.25, 0.3) is 5.57 Å². The first-order valence-electron chi connectivity index (χ1n) is 10.3. The summed E-state index contributed by atoms with van der Waals surface area (Å²) in [5, 5.41) is 4.30. The van der Waals surface area contributed by atoms with Crippen LogP contribution in [0.5, 0.6) is 0 Å². The van der Waals surface area contributed by atoms with Crippen LogP contribution in [-0.4, -0.2) is 52.6 Å². The standard InChI is InChI=1S/C23H21N3O4S/c27-20-6-5-18(21(28)24-20)26-22(29)16-4-3-14(12-17(16)23(26)30)13-25-9-7-15(8-10-25)19-2-1-11-31-19/h1-4,7,11-12,18H,5-6,8-10,13H2,(H,24,27,28). The fourth-order valence-electron chi connectivity index (χ4n) is 4.41. The minimum Gasteiger partial charge on any atom is -0.295 e. The lowest BCUT2D eigenvalue weighted by Crippen LogP contribution is -2.54. The number of benzene rings is 1. The predicted molar refractivity (Wildman–Crippen MR) is 115 cm³/mol. The van der Waals surface area contributed by atoms with Gasteiger partial charge in [-0.2, -0.15) is 0 Å². The van der Waals surface area contributed by atoms with Gasteiger partial charge in [-0.25, -0.2) is 0 Å². The van der Waals surface area contributed by atoms with E-state index in [0.717, 1.165) is 30.0 Å². The molecule has 3 aliphatic rings. The van der Waals surface area contributed by atoms with Crippen LogP contribution in [-0.2, 0) is 16.1 Å². The highest BCUT2D eigenvalue weighted by atomic mass is 32.1. The SMILES string of the molecule is O=C1CCC(N2C(=O)c3ccc(CN4CC=C(c5cccs5)CC4)cc3C2=O)C(=O)N1. The number of hydrogen-bond donors (Lipinski definition) is 1. The van der Waals surface area contributed by atoms with E-state index >= 15 is 0 Å². The fourth-order valence-corrected chi connectivity index (χ4v) is 5.21. The number of nitrogens with zero attached hydrogens (tertiary/aromatic N) is 2. The lowest BCUT2D eigenvalue weighted by Gasteiger charge is -2.27. The number of thiophene rings is 1. The Kier molecular flexibility index (Phi) is 5.03. The van der Waals surface area contributed by atoms with Crippen molar-refractivity contribution in [2.24, 2.45) is 0 Å². The highest BCUT2D eigenvalue weighted by Gasteiger charge is 2.44. The third-order valence-corrected chi connectivity index (χ3v) is 6.99.